The number of nitrogens with zero attached hydrogens (tertiary/aromatic N) is 12. The number of imidazole rings is 2. The molecule has 6 atom stereocenters. The van der Waals surface area contributed by atoms with Crippen LogP contribution in [0.4, 0.5) is 39.5 Å². The molecule has 101 heavy (non-hydrogen) atoms. The van der Waals surface area contributed by atoms with Crippen LogP contribution < -0.4 is 16.4 Å². The number of carbonyl (C=O) groups excluding carboxylic acids is 2. The van der Waals surface area contributed by atoms with Gasteiger partial charge in [0.05, 0.1) is 92.2 Å². The summed E-state index contributed by atoms with van der Waals surface area (Å²) in [6.45, 7) is 7.20. The number of halogens is 9. The monoisotopic (exact) mass is 1500 g/mol. The van der Waals surface area contributed by atoms with E-state index >= 15 is 0 Å². The van der Waals surface area contributed by atoms with Crippen LogP contribution in [-0.4, -0.2) is 194 Å². The summed E-state index contributed by atoms with van der Waals surface area (Å²) >= 11 is 4.41. The number of esters is 1. The van der Waals surface area contributed by atoms with E-state index < -0.39 is 54.3 Å². The number of aromatic nitrogens is 10. The molecular formula is C65H86F9N15O8S4. The number of hydrogen-bond acceptors (Lipinski definition) is 19. The van der Waals surface area contributed by atoms with Gasteiger partial charge in [0, 0.05) is 81.2 Å². The predicted octanol–water partition coefficient (Wildman–Crippen LogP) is 10.6. The van der Waals surface area contributed by atoms with Crippen molar-refractivity contribution >= 4 is 92.6 Å². The summed E-state index contributed by atoms with van der Waals surface area (Å²) < 4.78 is 155. The maximum atomic E-state index is 12.9. The largest absolute Gasteiger partial charge is 0.481 e. The van der Waals surface area contributed by atoms with Crippen molar-refractivity contribution in [3.8, 4) is 0 Å². The third kappa shape index (κ3) is 22.7. The third-order valence-electron chi connectivity index (χ3n) is 18.9. The Morgan fingerprint density at radius 2 is 1.04 bits per heavy atom. The van der Waals surface area contributed by atoms with Gasteiger partial charge in [0.2, 0.25) is 5.91 Å². The molecule has 3 aliphatic heterocycles. The smallest absolute Gasteiger partial charge is 0.408 e. The molecule has 556 valence electrons. The number of alkyl halides is 9. The van der Waals surface area contributed by atoms with Crippen LogP contribution in [0.3, 0.4) is 0 Å². The number of nitrogens with two attached hydrogens (primary N) is 1. The molecule has 8 aromatic rings. The summed E-state index contributed by atoms with van der Waals surface area (Å²) in [5.41, 5.74) is 9.50. The molecule has 14 rings (SSSR count). The number of aliphatic carboxylic acids is 1. The maximum absolute atomic E-state index is 12.9. The molecule has 0 spiro atoms. The lowest BCUT2D eigenvalue weighted by Gasteiger charge is -2.31. The first-order chi connectivity index (χ1) is 48.1. The van der Waals surface area contributed by atoms with Gasteiger partial charge in [0.25, 0.3) is 10.1 Å². The van der Waals surface area contributed by atoms with Crippen molar-refractivity contribution < 1.29 is 76.3 Å². The Morgan fingerprint density at radius 3 is 1.43 bits per heavy atom. The first kappa shape index (κ1) is 77.1. The molecule has 11 heterocycles. The van der Waals surface area contributed by atoms with Crippen LogP contribution in [-0.2, 0) is 66.1 Å². The molecule has 2 unspecified atom stereocenters. The van der Waals surface area contributed by atoms with Gasteiger partial charge in [-0.1, -0.05) is 0 Å². The van der Waals surface area contributed by atoms with Gasteiger partial charge in [-0.15, -0.1) is 34.0 Å². The van der Waals surface area contributed by atoms with E-state index in [0.29, 0.717) is 35.4 Å². The van der Waals surface area contributed by atoms with Gasteiger partial charge in [0.1, 0.15) is 19.6 Å². The van der Waals surface area contributed by atoms with E-state index in [1.165, 1.54) is 41.1 Å². The second kappa shape index (κ2) is 34.4. The number of amides is 1. The number of carboxylic acids is 1. The summed E-state index contributed by atoms with van der Waals surface area (Å²) in [4.78, 5) is 46.8. The molecule has 3 aliphatic carbocycles. The lowest BCUT2D eigenvalue weighted by atomic mass is 9.93. The van der Waals surface area contributed by atoms with Gasteiger partial charge in [-0.25, -0.2) is 9.97 Å². The lowest BCUT2D eigenvalue weighted by Crippen LogP contribution is -2.35. The Hall–Kier alpha value is -6.54. The van der Waals surface area contributed by atoms with Gasteiger partial charge < -0.3 is 45.1 Å². The summed E-state index contributed by atoms with van der Waals surface area (Å²) in [6, 6.07) is 5.16. The van der Waals surface area contributed by atoms with Gasteiger partial charge in [-0.05, 0) is 169 Å². The van der Waals surface area contributed by atoms with E-state index in [2.05, 4.69) is 54.6 Å². The van der Waals surface area contributed by atoms with Crippen LogP contribution in [0.25, 0.3) is 30.6 Å². The third-order valence-corrected chi connectivity index (χ3v) is 22.2. The molecule has 3 saturated carbocycles. The fraction of sp³-hybridized carbons (Fsp3) is 0.631. The molecule has 3 saturated heterocycles. The number of carbonyl (C=O) groups is 3. The van der Waals surface area contributed by atoms with E-state index in [1.54, 1.807) is 43.2 Å². The fourth-order valence-electron chi connectivity index (χ4n) is 13.3. The van der Waals surface area contributed by atoms with Crippen molar-refractivity contribution in [2.45, 2.75) is 140 Å². The molecule has 36 heteroatoms. The molecule has 23 nitrogen and oxygen atoms in total. The second-order valence-corrected chi connectivity index (χ2v) is 31.0. The molecule has 0 radical (unpaired) electrons. The quantitative estimate of drug-likeness (QED) is 0.0201. The molecule has 0 bridgehead atoms. The number of ether oxygens (including phenoxy) is 1. The number of rotatable bonds is 23. The van der Waals surface area contributed by atoms with Crippen LogP contribution in [0.5, 0.6) is 0 Å². The van der Waals surface area contributed by atoms with Gasteiger partial charge in [0.15, 0.2) is 0 Å². The average molecular weight is 1500 g/mol. The predicted molar refractivity (Wildman–Crippen MR) is 364 cm³/mol. The van der Waals surface area contributed by atoms with E-state index in [9.17, 15) is 62.3 Å². The van der Waals surface area contributed by atoms with Gasteiger partial charge >= 0.3 is 30.5 Å². The van der Waals surface area contributed by atoms with Crippen LogP contribution in [0, 0.1) is 35.5 Å². The van der Waals surface area contributed by atoms with E-state index in [1.807, 2.05) is 37.7 Å². The fourth-order valence-corrected chi connectivity index (χ4v) is 16.6. The number of methoxy groups -OCH3 is 1. The summed E-state index contributed by atoms with van der Waals surface area (Å²) in [7, 11) is -2.07. The van der Waals surface area contributed by atoms with Crippen molar-refractivity contribution in [2.75, 3.05) is 85.4 Å². The molecule has 6 aliphatic rings. The summed E-state index contributed by atoms with van der Waals surface area (Å²) in [5, 5.41) is 33.7. The number of carboxylic acid groups (broad SMARTS) is 1. The van der Waals surface area contributed by atoms with Crippen LogP contribution >= 0.6 is 34.0 Å². The van der Waals surface area contributed by atoms with E-state index in [-0.39, 0.29) is 65.8 Å². The number of hydrogen-bond donors (Lipinski definition) is 4. The van der Waals surface area contributed by atoms with Crippen molar-refractivity contribution in [3.63, 3.8) is 0 Å². The highest BCUT2D eigenvalue weighted by molar-refractivity contribution is 7.86. The van der Waals surface area contributed by atoms with Gasteiger partial charge in [-0.2, -0.15) is 63.2 Å². The second-order valence-electron chi connectivity index (χ2n) is 26.6. The molecule has 0 aromatic carbocycles. The number of likely N-dealkylation sites (tertiary alicyclic amines) is 2. The first-order valence-electron chi connectivity index (χ1n) is 33.8. The molecular weight excluding hydrogens is 1420 g/mol. The van der Waals surface area contributed by atoms with Crippen molar-refractivity contribution in [1.82, 2.24) is 68.9 Å². The Bertz CT molecular complexity index is 4030. The Morgan fingerprint density at radius 1 is 0.624 bits per heavy atom. The SMILES string of the molecule is COC(=O)C1CC1COS(C)(=O)=O.FC(F)(F)Cn1nc(C2CCNCC2)c2sccc21.NCCCn1ccnc1.O=C(NCCCn1ccnc1)[C@@H]1C[C@H]1CN1CCC(c2nn(CC(F)(F)F)c3ccsc23)CC1.O=C(O)[C@@H]1C[C@H]1CN1CCC(c2nn(CC(F)(F)F)c3ccsc23)CC1. The number of nitrogens with one attached hydrogen (secondary N) is 2. The standard InChI is InChI=1S/C23H29F3N6OS.C17H20F3N3O2S.C12H14F3N3S.C7H12O5S.C6H11N3/c24-23(25,26)14-32-19-4-11-34-21(19)20(29-32)16-2-8-30(9-3-16)13-17-12-18(17)22(33)28-5-1-7-31-10-6-27-15-31;18-17(19,20)9-23-13-3-6-26-15(13)14(21-23)10-1-4-22(5-2-10)8-11-7-12(11)16(24)25;13-12(14,15)7-18-9-3-6-19-11(9)10(17-18)8-1-4-16-5-2-8;1-11-7(8)6-3-5(6)4-12-13(2,9)10;7-2-1-4-9-5-3-8-6-9/h4,6,10-11,15-18H,1-3,5,7-9,12-14H2,(H,28,33);3,6,10-12H,1-2,4-5,7-9H2,(H,24,25);3,6,8,16H,1-2,4-5,7H2;5-6H,3-4H2,1-2H3;3,5-6H,1-2,4,7H2/t17-,18+;11-,12+;;;/m00.../s1. The van der Waals surface area contributed by atoms with Crippen molar-refractivity contribution in [3.05, 3.63) is 88.9 Å². The Balaban J connectivity index is 0.000000146. The van der Waals surface area contributed by atoms with Crippen LogP contribution in [0.1, 0.15) is 105 Å². The van der Waals surface area contributed by atoms with Crippen molar-refractivity contribution in [1.29, 1.82) is 0 Å². The molecule has 8 aromatic heterocycles. The summed E-state index contributed by atoms with van der Waals surface area (Å²) in [5.74, 6) is 0.163. The van der Waals surface area contributed by atoms with E-state index in [0.717, 1.165) is 188 Å². The van der Waals surface area contributed by atoms with Crippen LogP contribution in [0.15, 0.2) is 71.8 Å². The zero-order chi connectivity index (χ0) is 72.2. The number of fused-ring (bicyclic) bond motifs is 3. The first-order valence-corrected chi connectivity index (χ1v) is 38.3. The normalized spacial score (nSPS) is 21.6. The molecule has 6 fully saturated rings. The van der Waals surface area contributed by atoms with E-state index in [4.69, 9.17) is 10.8 Å². The maximum Gasteiger partial charge on any atom is 0.408 e. The topological polar surface area (TPSA) is 270 Å². The number of thiophene rings is 3. The zero-order valence-electron chi connectivity index (χ0n) is 56.0. The summed E-state index contributed by atoms with van der Waals surface area (Å²) in [6.07, 6.45) is 8.74. The minimum Gasteiger partial charge on any atom is -0.481 e. The molecule has 5 N–H and O–H groups in total. The Labute approximate surface area is 590 Å². The van der Waals surface area contributed by atoms with Gasteiger partial charge in [-0.3, -0.25) is 32.6 Å². The lowest BCUT2D eigenvalue weighted by molar-refractivity contribution is -0.143. The number of piperidine rings is 3. The zero-order valence-corrected chi connectivity index (χ0v) is 59.3. The van der Waals surface area contributed by atoms with Crippen molar-refractivity contribution in [2.24, 2.45) is 41.2 Å². The highest BCUT2D eigenvalue weighted by Crippen LogP contribution is 2.44. The minimum absolute atomic E-state index is 0.00201. The number of aryl methyl sites for hydroxylation is 2. The minimum atomic E-state index is -4.29. The highest BCUT2D eigenvalue weighted by atomic mass is 32.2. The average Bonchev–Trinajstić information content (AvgIpc) is 1.64. The Kier molecular flexibility index (Phi) is 26.2. The molecule has 1 amide bonds. The van der Waals surface area contributed by atoms with Crippen LogP contribution in [0.2, 0.25) is 0 Å². The highest BCUT2D eigenvalue weighted by Gasteiger charge is 2.47.